The topological polar surface area (TPSA) is 15.3 Å². The van der Waals surface area contributed by atoms with Gasteiger partial charge in [0.2, 0.25) is 0 Å². The number of nitrogens with one attached hydrogen (secondary N) is 1. The van der Waals surface area contributed by atoms with Gasteiger partial charge in [0.15, 0.2) is 0 Å². The minimum absolute atomic E-state index is 0.462. The molecule has 1 spiro atoms. The van der Waals surface area contributed by atoms with E-state index >= 15 is 0 Å². The normalized spacial score (nSPS) is 24.2. The van der Waals surface area contributed by atoms with E-state index in [4.69, 9.17) is 0 Å². The second kappa shape index (κ2) is 5.64. The molecule has 0 aromatic heterocycles. The van der Waals surface area contributed by atoms with Crippen molar-refractivity contribution in [2.45, 2.75) is 24.9 Å². The maximum absolute atomic E-state index is 3.50. The fraction of sp³-hybridized carbons (Fsp3) is 0.600. The molecule has 0 amide bonds. The first kappa shape index (κ1) is 12.5. The Hall–Kier alpha value is -0.510. The van der Waals surface area contributed by atoms with Crippen molar-refractivity contribution in [3.8, 4) is 0 Å². The van der Waals surface area contributed by atoms with Crippen LogP contribution in [0.1, 0.15) is 18.4 Å². The molecule has 0 atom stereocenters. The van der Waals surface area contributed by atoms with Crippen molar-refractivity contribution in [1.82, 2.24) is 10.2 Å². The first-order chi connectivity index (χ1) is 8.89. The summed E-state index contributed by atoms with van der Waals surface area (Å²) in [5.41, 5.74) is 1.92. The van der Waals surface area contributed by atoms with Crippen LogP contribution in [0.4, 0.5) is 0 Å². The molecule has 2 saturated heterocycles. The molecule has 0 radical (unpaired) electrons. The van der Waals surface area contributed by atoms with Crippen LogP contribution in [0.25, 0.3) is 0 Å². The Kier molecular flexibility index (Phi) is 3.92. The van der Waals surface area contributed by atoms with Gasteiger partial charge in [0.1, 0.15) is 0 Å². The van der Waals surface area contributed by atoms with Crippen molar-refractivity contribution in [1.29, 1.82) is 0 Å². The molecule has 2 heterocycles. The molecule has 2 aliphatic rings. The van der Waals surface area contributed by atoms with Crippen molar-refractivity contribution < 1.29 is 0 Å². The Morgan fingerprint density at radius 3 is 2.72 bits per heavy atom. The van der Waals surface area contributed by atoms with Gasteiger partial charge in [-0.05, 0) is 31.5 Å². The summed E-state index contributed by atoms with van der Waals surface area (Å²) in [6.45, 7) is 4.75. The predicted octanol–water partition coefficient (Wildman–Crippen LogP) is 2.36. The molecule has 2 aliphatic heterocycles. The summed E-state index contributed by atoms with van der Waals surface area (Å²) in [6.07, 6.45) is 2.62. The maximum atomic E-state index is 3.50. The Labute approximate surface area is 114 Å². The van der Waals surface area contributed by atoms with Crippen LogP contribution in [0.3, 0.4) is 0 Å². The third kappa shape index (κ3) is 2.58. The number of nitrogens with zero attached hydrogens (tertiary/aromatic N) is 1. The summed E-state index contributed by atoms with van der Waals surface area (Å²) in [5, 5.41) is 3.50. The lowest BCUT2D eigenvalue weighted by molar-refractivity contribution is 0.0704. The molecule has 1 aromatic carbocycles. The van der Waals surface area contributed by atoms with Gasteiger partial charge >= 0.3 is 0 Å². The highest BCUT2D eigenvalue weighted by Gasteiger charge is 2.39. The van der Waals surface area contributed by atoms with E-state index in [1.165, 1.54) is 49.5 Å². The fourth-order valence-corrected chi connectivity index (χ4v) is 4.51. The van der Waals surface area contributed by atoms with E-state index in [0.717, 1.165) is 6.54 Å². The van der Waals surface area contributed by atoms with E-state index in [0.29, 0.717) is 5.54 Å². The van der Waals surface area contributed by atoms with E-state index in [1.807, 2.05) is 0 Å². The number of piperidine rings is 1. The highest BCUT2D eigenvalue weighted by molar-refractivity contribution is 7.99. The molecule has 98 valence electrons. The van der Waals surface area contributed by atoms with Crippen molar-refractivity contribution >= 4 is 11.8 Å². The van der Waals surface area contributed by atoms with E-state index in [1.54, 1.807) is 0 Å². The molecule has 0 unspecified atom stereocenters. The average molecular weight is 262 g/mol. The Morgan fingerprint density at radius 2 is 1.94 bits per heavy atom. The first-order valence-electron chi connectivity index (χ1n) is 6.97. The van der Waals surface area contributed by atoms with Crippen LogP contribution in [0.15, 0.2) is 30.3 Å². The SMILES string of the molecule is c1ccc(CN2CCSCC23CCNCC3)cc1. The van der Waals surface area contributed by atoms with Crippen molar-refractivity contribution in [3.63, 3.8) is 0 Å². The number of thioether (sulfide) groups is 1. The number of hydrogen-bond donors (Lipinski definition) is 1. The third-order valence-electron chi connectivity index (χ3n) is 4.30. The summed E-state index contributed by atoms with van der Waals surface area (Å²) < 4.78 is 0. The molecule has 2 fully saturated rings. The average Bonchev–Trinajstić information content (AvgIpc) is 2.44. The highest BCUT2D eigenvalue weighted by atomic mass is 32.2. The maximum Gasteiger partial charge on any atom is 0.0327 e. The number of hydrogen-bond acceptors (Lipinski definition) is 3. The zero-order valence-corrected chi connectivity index (χ0v) is 11.7. The van der Waals surface area contributed by atoms with Crippen molar-refractivity contribution in [2.24, 2.45) is 0 Å². The zero-order chi connectivity index (χ0) is 12.3. The van der Waals surface area contributed by atoms with Crippen LogP contribution in [0.5, 0.6) is 0 Å². The lowest BCUT2D eigenvalue weighted by Gasteiger charge is -2.49. The van der Waals surface area contributed by atoms with Crippen LogP contribution < -0.4 is 5.32 Å². The van der Waals surface area contributed by atoms with E-state index in [9.17, 15) is 0 Å². The summed E-state index contributed by atoms with van der Waals surface area (Å²) in [5.74, 6) is 2.61. The molecule has 3 rings (SSSR count). The molecule has 1 aromatic rings. The van der Waals surface area contributed by atoms with Gasteiger partial charge in [0.25, 0.3) is 0 Å². The van der Waals surface area contributed by atoms with Gasteiger partial charge < -0.3 is 5.32 Å². The predicted molar refractivity (Wildman–Crippen MR) is 79.0 cm³/mol. The van der Waals surface area contributed by atoms with E-state index in [2.05, 4.69) is 52.3 Å². The molecule has 0 saturated carbocycles. The van der Waals surface area contributed by atoms with Gasteiger partial charge in [-0.1, -0.05) is 30.3 Å². The number of rotatable bonds is 2. The second-order valence-electron chi connectivity index (χ2n) is 5.43. The van der Waals surface area contributed by atoms with Gasteiger partial charge in [-0.3, -0.25) is 4.90 Å². The zero-order valence-electron chi connectivity index (χ0n) is 10.9. The molecular formula is C15H22N2S. The van der Waals surface area contributed by atoms with Crippen LogP contribution in [0.2, 0.25) is 0 Å². The monoisotopic (exact) mass is 262 g/mol. The van der Waals surface area contributed by atoms with Crippen LogP contribution in [-0.2, 0) is 6.54 Å². The van der Waals surface area contributed by atoms with Gasteiger partial charge in [0.05, 0.1) is 0 Å². The molecule has 3 heteroatoms. The van der Waals surface area contributed by atoms with E-state index in [-0.39, 0.29) is 0 Å². The Balaban J connectivity index is 1.75. The highest BCUT2D eigenvalue weighted by Crippen LogP contribution is 2.35. The second-order valence-corrected chi connectivity index (χ2v) is 6.54. The van der Waals surface area contributed by atoms with Crippen molar-refractivity contribution in [2.75, 3.05) is 31.1 Å². The van der Waals surface area contributed by atoms with Gasteiger partial charge in [-0.15, -0.1) is 0 Å². The largest absolute Gasteiger partial charge is 0.317 e. The van der Waals surface area contributed by atoms with Gasteiger partial charge in [0, 0.05) is 30.1 Å². The summed E-state index contributed by atoms with van der Waals surface area (Å²) >= 11 is 2.15. The lowest BCUT2D eigenvalue weighted by atomic mass is 9.87. The fourth-order valence-electron chi connectivity index (χ4n) is 3.17. The minimum Gasteiger partial charge on any atom is -0.317 e. The molecule has 0 aliphatic carbocycles. The molecule has 1 N–H and O–H groups in total. The quantitative estimate of drug-likeness (QED) is 0.881. The first-order valence-corrected chi connectivity index (χ1v) is 8.12. The smallest absolute Gasteiger partial charge is 0.0327 e. The third-order valence-corrected chi connectivity index (χ3v) is 5.51. The summed E-state index contributed by atoms with van der Waals surface area (Å²) in [4.78, 5) is 2.75. The lowest BCUT2D eigenvalue weighted by Crippen LogP contribution is -2.58. The molecule has 0 bridgehead atoms. The van der Waals surface area contributed by atoms with Crippen LogP contribution >= 0.6 is 11.8 Å². The minimum atomic E-state index is 0.462. The molecular weight excluding hydrogens is 240 g/mol. The van der Waals surface area contributed by atoms with E-state index < -0.39 is 0 Å². The van der Waals surface area contributed by atoms with Gasteiger partial charge in [-0.2, -0.15) is 11.8 Å². The Morgan fingerprint density at radius 1 is 1.17 bits per heavy atom. The molecule has 2 nitrogen and oxygen atoms in total. The summed E-state index contributed by atoms with van der Waals surface area (Å²) in [6, 6.07) is 10.9. The molecule has 18 heavy (non-hydrogen) atoms. The standard InChI is InChI=1S/C15H22N2S/c1-2-4-14(5-3-1)12-17-10-11-18-13-15(17)6-8-16-9-7-15/h1-5,16H,6-13H2. The Bertz CT molecular complexity index is 365. The number of benzene rings is 1. The van der Waals surface area contributed by atoms with Crippen LogP contribution in [-0.4, -0.2) is 41.6 Å². The van der Waals surface area contributed by atoms with Crippen LogP contribution in [0, 0.1) is 0 Å². The van der Waals surface area contributed by atoms with Gasteiger partial charge in [-0.25, -0.2) is 0 Å². The summed E-state index contributed by atoms with van der Waals surface area (Å²) in [7, 11) is 0. The van der Waals surface area contributed by atoms with Crippen molar-refractivity contribution in [3.05, 3.63) is 35.9 Å².